The summed E-state index contributed by atoms with van der Waals surface area (Å²) in [5, 5.41) is 13.4. The number of carbonyl (C=O) groups excluding carboxylic acids is 1. The Kier molecular flexibility index (Phi) is 4.53. The molecule has 0 saturated heterocycles. The number of aromatic carboxylic acids is 1. The molecular weight excluding hydrogens is 284 g/mol. The number of carbonyl (C=O) groups is 2. The third kappa shape index (κ3) is 3.80. The maximum atomic E-state index is 11.7. The van der Waals surface area contributed by atoms with Crippen molar-refractivity contribution < 1.29 is 14.7 Å². The van der Waals surface area contributed by atoms with Gasteiger partial charge in [-0.05, 0) is 23.6 Å². The van der Waals surface area contributed by atoms with Crippen molar-refractivity contribution in [1.29, 1.82) is 0 Å². The molecule has 0 aliphatic carbocycles. The first-order valence-corrected chi connectivity index (χ1v) is 7.18. The van der Waals surface area contributed by atoms with Gasteiger partial charge in [0.25, 0.3) is 0 Å². The molecule has 0 bridgehead atoms. The van der Waals surface area contributed by atoms with Crippen LogP contribution in [0, 0.1) is 0 Å². The van der Waals surface area contributed by atoms with Gasteiger partial charge in [-0.3, -0.25) is 4.79 Å². The summed E-state index contributed by atoms with van der Waals surface area (Å²) in [4.78, 5) is 26.4. The van der Waals surface area contributed by atoms with Crippen molar-refractivity contribution in [3.05, 3.63) is 41.5 Å². The summed E-state index contributed by atoms with van der Waals surface area (Å²) < 4.78 is 1.04. The lowest BCUT2D eigenvalue weighted by atomic mass is 10.3. The second-order valence-corrected chi connectivity index (χ2v) is 5.70. The van der Waals surface area contributed by atoms with Gasteiger partial charge in [-0.15, -0.1) is 23.1 Å². The molecule has 0 aromatic carbocycles. The van der Waals surface area contributed by atoms with Crippen molar-refractivity contribution in [2.45, 2.75) is 4.21 Å². The standard InChI is InChI=1S/C12H10N2O3S2/c15-9(7-19-10-4-2-6-18-10)14-8-3-1-5-13-11(8)12(16)17/h1-6H,7H2,(H,14,15)(H,16,17). The Bertz CT molecular complexity index is 584. The van der Waals surface area contributed by atoms with Crippen LogP contribution in [-0.4, -0.2) is 27.7 Å². The lowest BCUT2D eigenvalue weighted by Crippen LogP contribution is -2.17. The van der Waals surface area contributed by atoms with Crippen LogP contribution in [0.2, 0.25) is 0 Å². The third-order valence-electron chi connectivity index (χ3n) is 2.12. The number of nitrogens with zero attached hydrogens (tertiary/aromatic N) is 1. The Labute approximate surface area is 117 Å². The van der Waals surface area contributed by atoms with Gasteiger partial charge in [0.15, 0.2) is 5.69 Å². The number of thiophene rings is 1. The number of carboxylic acids is 1. The van der Waals surface area contributed by atoms with Crippen LogP contribution in [0.4, 0.5) is 5.69 Å². The fraction of sp³-hybridized carbons (Fsp3) is 0.0833. The van der Waals surface area contributed by atoms with Gasteiger partial charge < -0.3 is 10.4 Å². The van der Waals surface area contributed by atoms with Crippen LogP contribution in [0.15, 0.2) is 40.1 Å². The van der Waals surface area contributed by atoms with Crippen molar-refractivity contribution in [1.82, 2.24) is 4.98 Å². The van der Waals surface area contributed by atoms with Crippen LogP contribution in [0.25, 0.3) is 0 Å². The van der Waals surface area contributed by atoms with Crippen molar-refractivity contribution >= 4 is 40.7 Å². The molecule has 0 radical (unpaired) electrons. The molecule has 2 heterocycles. The predicted molar refractivity (Wildman–Crippen MR) is 74.9 cm³/mol. The smallest absolute Gasteiger partial charge is 0.356 e. The van der Waals surface area contributed by atoms with Crippen molar-refractivity contribution in [3.63, 3.8) is 0 Å². The van der Waals surface area contributed by atoms with E-state index in [9.17, 15) is 9.59 Å². The van der Waals surface area contributed by atoms with E-state index in [1.54, 1.807) is 17.4 Å². The molecule has 0 fully saturated rings. The van der Waals surface area contributed by atoms with Crippen LogP contribution in [-0.2, 0) is 4.79 Å². The number of nitrogens with one attached hydrogen (secondary N) is 1. The van der Waals surface area contributed by atoms with E-state index in [4.69, 9.17) is 5.11 Å². The van der Waals surface area contributed by atoms with Gasteiger partial charge >= 0.3 is 5.97 Å². The minimum absolute atomic E-state index is 0.156. The Morgan fingerprint density at radius 1 is 1.37 bits per heavy atom. The third-order valence-corrected chi connectivity index (χ3v) is 4.26. The number of anilines is 1. The maximum absolute atomic E-state index is 11.7. The second kappa shape index (κ2) is 6.35. The molecule has 7 heteroatoms. The van der Waals surface area contributed by atoms with Crippen molar-refractivity contribution in [2.75, 3.05) is 11.1 Å². The van der Waals surface area contributed by atoms with Crippen LogP contribution >= 0.6 is 23.1 Å². The summed E-state index contributed by atoms with van der Waals surface area (Å²) in [5.74, 6) is -1.19. The molecule has 1 amide bonds. The Morgan fingerprint density at radius 3 is 2.89 bits per heavy atom. The Hall–Kier alpha value is -1.86. The zero-order chi connectivity index (χ0) is 13.7. The Morgan fingerprint density at radius 2 is 2.21 bits per heavy atom. The van der Waals surface area contributed by atoms with Crippen LogP contribution < -0.4 is 5.32 Å². The molecule has 2 N–H and O–H groups in total. The second-order valence-electron chi connectivity index (χ2n) is 3.47. The van der Waals surface area contributed by atoms with E-state index >= 15 is 0 Å². The van der Waals surface area contributed by atoms with E-state index in [1.807, 2.05) is 17.5 Å². The quantitative estimate of drug-likeness (QED) is 0.829. The van der Waals surface area contributed by atoms with Gasteiger partial charge in [0.1, 0.15) is 0 Å². The van der Waals surface area contributed by atoms with Gasteiger partial charge in [0.05, 0.1) is 15.6 Å². The summed E-state index contributed by atoms with van der Waals surface area (Å²) in [7, 11) is 0. The van der Waals surface area contributed by atoms with E-state index in [0.717, 1.165) is 4.21 Å². The van der Waals surface area contributed by atoms with Crippen molar-refractivity contribution in [3.8, 4) is 0 Å². The zero-order valence-corrected chi connectivity index (χ0v) is 11.3. The molecule has 0 aliphatic rings. The molecule has 0 atom stereocenters. The SMILES string of the molecule is O=C(CSc1cccs1)Nc1cccnc1C(=O)O. The highest BCUT2D eigenvalue weighted by Crippen LogP contribution is 2.23. The van der Waals surface area contributed by atoms with E-state index in [2.05, 4.69) is 10.3 Å². The van der Waals surface area contributed by atoms with E-state index in [-0.39, 0.29) is 23.0 Å². The number of aromatic nitrogens is 1. The Balaban J connectivity index is 1.97. The summed E-state index contributed by atoms with van der Waals surface area (Å²) in [6, 6.07) is 6.93. The average Bonchev–Trinajstić information content (AvgIpc) is 2.90. The number of thioether (sulfide) groups is 1. The van der Waals surface area contributed by atoms with E-state index in [0.29, 0.717) is 0 Å². The van der Waals surface area contributed by atoms with Gasteiger partial charge in [-0.2, -0.15) is 0 Å². The van der Waals surface area contributed by atoms with Gasteiger partial charge in [-0.25, -0.2) is 9.78 Å². The molecule has 0 unspecified atom stereocenters. The molecule has 2 rings (SSSR count). The normalized spacial score (nSPS) is 10.1. The minimum Gasteiger partial charge on any atom is -0.476 e. The average molecular weight is 294 g/mol. The van der Waals surface area contributed by atoms with E-state index < -0.39 is 5.97 Å². The molecule has 2 aromatic rings. The topological polar surface area (TPSA) is 79.3 Å². The summed E-state index contributed by atoms with van der Waals surface area (Å²) in [6.45, 7) is 0. The highest BCUT2D eigenvalue weighted by Gasteiger charge is 2.13. The predicted octanol–water partition coefficient (Wildman–Crippen LogP) is 2.57. The molecule has 19 heavy (non-hydrogen) atoms. The first-order valence-electron chi connectivity index (χ1n) is 5.31. The lowest BCUT2D eigenvalue weighted by molar-refractivity contribution is -0.113. The van der Waals surface area contributed by atoms with Crippen LogP contribution in [0.3, 0.4) is 0 Å². The number of amides is 1. The van der Waals surface area contributed by atoms with Gasteiger partial charge in [-0.1, -0.05) is 6.07 Å². The molecule has 2 aromatic heterocycles. The van der Waals surface area contributed by atoms with E-state index in [1.165, 1.54) is 24.0 Å². The highest BCUT2D eigenvalue weighted by atomic mass is 32.2. The number of carboxylic acid groups (broad SMARTS) is 1. The number of rotatable bonds is 5. The first kappa shape index (κ1) is 13.6. The van der Waals surface area contributed by atoms with Crippen molar-refractivity contribution in [2.24, 2.45) is 0 Å². The van der Waals surface area contributed by atoms with Gasteiger partial charge in [0.2, 0.25) is 5.91 Å². The number of hydrogen-bond acceptors (Lipinski definition) is 5. The highest BCUT2D eigenvalue weighted by molar-refractivity contribution is 8.01. The summed E-state index contributed by atoms with van der Waals surface area (Å²) in [6.07, 6.45) is 1.37. The number of hydrogen-bond donors (Lipinski definition) is 2. The van der Waals surface area contributed by atoms with Crippen LogP contribution in [0.5, 0.6) is 0 Å². The molecule has 5 nitrogen and oxygen atoms in total. The largest absolute Gasteiger partial charge is 0.476 e. The summed E-state index contributed by atoms with van der Waals surface area (Å²) >= 11 is 2.96. The molecule has 0 spiro atoms. The number of pyridine rings is 1. The zero-order valence-electron chi connectivity index (χ0n) is 9.70. The molecular formula is C12H10N2O3S2. The molecule has 0 aliphatic heterocycles. The monoisotopic (exact) mass is 294 g/mol. The summed E-state index contributed by atoms with van der Waals surface area (Å²) in [5.41, 5.74) is 0.0590. The molecule has 98 valence electrons. The fourth-order valence-electron chi connectivity index (χ4n) is 1.35. The minimum atomic E-state index is -1.16. The maximum Gasteiger partial charge on any atom is 0.356 e. The fourth-order valence-corrected chi connectivity index (χ4v) is 2.93. The first-order chi connectivity index (χ1) is 9.16. The molecule has 0 saturated carbocycles. The van der Waals surface area contributed by atoms with Crippen LogP contribution in [0.1, 0.15) is 10.5 Å². The lowest BCUT2D eigenvalue weighted by Gasteiger charge is -2.06. The van der Waals surface area contributed by atoms with Gasteiger partial charge in [0, 0.05) is 6.20 Å².